The molecule has 0 amide bonds. The van der Waals surface area contributed by atoms with Crippen molar-refractivity contribution in [1.29, 1.82) is 0 Å². The third-order valence-electron chi connectivity index (χ3n) is 3.17. The molecular weight excluding hydrogens is 307 g/mol. The van der Waals surface area contributed by atoms with Crippen molar-refractivity contribution in [1.82, 2.24) is 4.31 Å². The minimum absolute atomic E-state index is 0.122. The molecule has 1 fully saturated rings. The van der Waals surface area contributed by atoms with E-state index in [1.807, 2.05) is 0 Å². The van der Waals surface area contributed by atoms with Gasteiger partial charge in [0.15, 0.2) is 9.84 Å². The Kier molecular flexibility index (Phi) is 3.78. The molecule has 0 aliphatic carbocycles. The molecule has 20 heavy (non-hydrogen) atoms. The van der Waals surface area contributed by atoms with Gasteiger partial charge in [-0.1, -0.05) is 0 Å². The van der Waals surface area contributed by atoms with Crippen LogP contribution in [-0.4, -0.2) is 45.2 Å². The first-order valence-electron chi connectivity index (χ1n) is 5.91. The third-order valence-corrected chi connectivity index (χ3v) is 7.05. The molecule has 1 aromatic carbocycles. The van der Waals surface area contributed by atoms with Crippen LogP contribution in [0.5, 0.6) is 0 Å². The van der Waals surface area contributed by atoms with Crippen molar-refractivity contribution in [3.05, 3.63) is 24.0 Å². The standard InChI is InChI=1S/C11H15FN2O4S2/c1-8-7-19(15,16)5-4-14(8)20(17,18)11-3-2-9(12)6-10(11)13/h2-3,6,8H,4-5,7,13H2,1H3. The zero-order valence-electron chi connectivity index (χ0n) is 10.8. The SMILES string of the molecule is CC1CS(=O)(=O)CCN1S(=O)(=O)c1ccc(F)cc1N. The summed E-state index contributed by atoms with van der Waals surface area (Å²) in [7, 11) is -7.15. The van der Waals surface area contributed by atoms with Gasteiger partial charge in [-0.05, 0) is 25.1 Å². The monoisotopic (exact) mass is 322 g/mol. The van der Waals surface area contributed by atoms with Crippen molar-refractivity contribution >= 4 is 25.5 Å². The normalized spacial score (nSPS) is 23.6. The fraction of sp³-hybridized carbons (Fsp3) is 0.455. The minimum Gasteiger partial charge on any atom is -0.398 e. The Hall–Kier alpha value is -1.19. The second-order valence-corrected chi connectivity index (χ2v) is 8.85. The maximum atomic E-state index is 13.0. The van der Waals surface area contributed by atoms with E-state index in [1.54, 1.807) is 0 Å². The first-order chi connectivity index (χ1) is 9.13. The highest BCUT2D eigenvalue weighted by Crippen LogP contribution is 2.26. The topological polar surface area (TPSA) is 97.5 Å². The summed E-state index contributed by atoms with van der Waals surface area (Å²) < 4.78 is 62.0. The van der Waals surface area contributed by atoms with Crippen LogP contribution in [0.4, 0.5) is 10.1 Å². The van der Waals surface area contributed by atoms with Crippen molar-refractivity contribution in [2.24, 2.45) is 0 Å². The Balaban J connectivity index is 2.41. The summed E-state index contributed by atoms with van der Waals surface area (Å²) in [5.41, 5.74) is 5.36. The zero-order chi connectivity index (χ0) is 15.1. The molecule has 0 aromatic heterocycles. The average Bonchev–Trinajstić information content (AvgIpc) is 2.26. The Morgan fingerprint density at radius 3 is 2.60 bits per heavy atom. The van der Waals surface area contributed by atoms with Crippen LogP contribution in [0, 0.1) is 5.82 Å². The lowest BCUT2D eigenvalue weighted by molar-refractivity contribution is 0.357. The van der Waals surface area contributed by atoms with Crippen LogP contribution in [0.3, 0.4) is 0 Å². The van der Waals surface area contributed by atoms with Crippen LogP contribution in [0.15, 0.2) is 23.1 Å². The predicted molar refractivity (Wildman–Crippen MR) is 72.8 cm³/mol. The summed E-state index contributed by atoms with van der Waals surface area (Å²) in [6, 6.07) is 2.35. The van der Waals surface area contributed by atoms with E-state index in [9.17, 15) is 21.2 Å². The molecule has 1 unspecified atom stereocenters. The number of nitrogen functional groups attached to an aromatic ring is 1. The van der Waals surface area contributed by atoms with Gasteiger partial charge in [0.25, 0.3) is 0 Å². The van der Waals surface area contributed by atoms with E-state index < -0.39 is 31.7 Å². The highest BCUT2D eigenvalue weighted by molar-refractivity contribution is 7.92. The molecule has 1 atom stereocenters. The zero-order valence-corrected chi connectivity index (χ0v) is 12.4. The highest BCUT2D eigenvalue weighted by atomic mass is 32.2. The van der Waals surface area contributed by atoms with Gasteiger partial charge in [-0.3, -0.25) is 0 Å². The minimum atomic E-state index is -3.93. The molecule has 2 rings (SSSR count). The van der Waals surface area contributed by atoms with Gasteiger partial charge < -0.3 is 5.73 Å². The van der Waals surface area contributed by atoms with Gasteiger partial charge in [-0.2, -0.15) is 4.31 Å². The molecule has 0 spiro atoms. The smallest absolute Gasteiger partial charge is 0.245 e. The number of nitrogens with zero attached hydrogens (tertiary/aromatic N) is 1. The number of nitrogens with two attached hydrogens (primary N) is 1. The van der Waals surface area contributed by atoms with Crippen LogP contribution in [0.25, 0.3) is 0 Å². The first-order valence-corrected chi connectivity index (χ1v) is 9.17. The van der Waals surface area contributed by atoms with Crippen molar-refractivity contribution in [3.8, 4) is 0 Å². The van der Waals surface area contributed by atoms with Crippen molar-refractivity contribution in [2.45, 2.75) is 17.9 Å². The summed E-state index contributed by atoms with van der Waals surface area (Å²) in [5.74, 6) is -1.08. The first kappa shape index (κ1) is 15.2. The summed E-state index contributed by atoms with van der Waals surface area (Å²) in [4.78, 5) is -0.204. The molecule has 1 aromatic rings. The van der Waals surface area contributed by atoms with Gasteiger partial charge in [-0.25, -0.2) is 21.2 Å². The number of rotatable bonds is 2. The second kappa shape index (κ2) is 4.97. The number of anilines is 1. The fourth-order valence-corrected chi connectivity index (χ4v) is 5.72. The maximum absolute atomic E-state index is 13.0. The molecule has 6 nitrogen and oxygen atoms in total. The van der Waals surface area contributed by atoms with Crippen LogP contribution < -0.4 is 5.73 Å². The second-order valence-electron chi connectivity index (χ2n) is 4.76. The van der Waals surface area contributed by atoms with E-state index in [0.717, 1.165) is 22.5 Å². The summed E-state index contributed by atoms with van der Waals surface area (Å²) in [6.07, 6.45) is 0. The molecule has 2 N–H and O–H groups in total. The van der Waals surface area contributed by atoms with Gasteiger partial charge in [0.1, 0.15) is 10.7 Å². The van der Waals surface area contributed by atoms with Gasteiger partial charge in [-0.15, -0.1) is 0 Å². The van der Waals surface area contributed by atoms with Crippen molar-refractivity contribution < 1.29 is 21.2 Å². The maximum Gasteiger partial charge on any atom is 0.245 e. The molecule has 1 saturated heterocycles. The van der Waals surface area contributed by atoms with E-state index in [2.05, 4.69) is 0 Å². The Morgan fingerprint density at radius 1 is 1.40 bits per heavy atom. The molecular formula is C11H15FN2O4S2. The van der Waals surface area contributed by atoms with E-state index in [0.29, 0.717) is 0 Å². The van der Waals surface area contributed by atoms with Gasteiger partial charge in [0.2, 0.25) is 10.0 Å². The number of sulfone groups is 1. The van der Waals surface area contributed by atoms with Crippen molar-refractivity contribution in [3.63, 3.8) is 0 Å². The number of sulfonamides is 1. The van der Waals surface area contributed by atoms with Gasteiger partial charge in [0, 0.05) is 12.6 Å². The predicted octanol–water partition coefficient (Wildman–Crippen LogP) is 0.215. The summed E-state index contributed by atoms with van der Waals surface area (Å²) in [6.45, 7) is 1.40. The number of halogens is 1. The molecule has 0 radical (unpaired) electrons. The van der Waals surface area contributed by atoms with Crippen LogP contribution in [0.1, 0.15) is 6.92 Å². The van der Waals surface area contributed by atoms with Crippen LogP contribution in [-0.2, 0) is 19.9 Å². The molecule has 9 heteroatoms. The Bertz CT molecular complexity index is 731. The largest absolute Gasteiger partial charge is 0.398 e. The number of hydrogen-bond donors (Lipinski definition) is 1. The molecule has 1 aliphatic heterocycles. The van der Waals surface area contributed by atoms with Gasteiger partial charge >= 0.3 is 0 Å². The third kappa shape index (κ3) is 2.79. The lowest BCUT2D eigenvalue weighted by Crippen LogP contribution is -2.49. The number of benzene rings is 1. The van der Waals surface area contributed by atoms with E-state index in [1.165, 1.54) is 6.92 Å². The van der Waals surface area contributed by atoms with E-state index in [4.69, 9.17) is 5.73 Å². The molecule has 0 saturated carbocycles. The molecule has 0 bridgehead atoms. The number of hydrogen-bond acceptors (Lipinski definition) is 5. The molecule has 1 heterocycles. The van der Waals surface area contributed by atoms with E-state index in [-0.39, 0.29) is 28.6 Å². The van der Waals surface area contributed by atoms with Crippen molar-refractivity contribution in [2.75, 3.05) is 23.8 Å². The van der Waals surface area contributed by atoms with Crippen LogP contribution >= 0.6 is 0 Å². The quantitative estimate of drug-likeness (QED) is 0.785. The lowest BCUT2D eigenvalue weighted by atomic mass is 10.3. The lowest BCUT2D eigenvalue weighted by Gasteiger charge is -2.32. The summed E-state index contributed by atoms with van der Waals surface area (Å²) in [5, 5.41) is 0. The molecule has 112 valence electrons. The Morgan fingerprint density at radius 2 is 2.05 bits per heavy atom. The Labute approximate surface area is 117 Å². The van der Waals surface area contributed by atoms with Crippen LogP contribution in [0.2, 0.25) is 0 Å². The average molecular weight is 322 g/mol. The highest BCUT2D eigenvalue weighted by Gasteiger charge is 2.37. The van der Waals surface area contributed by atoms with E-state index >= 15 is 0 Å². The fourth-order valence-electron chi connectivity index (χ4n) is 2.22. The summed E-state index contributed by atoms with van der Waals surface area (Å²) >= 11 is 0. The molecule has 1 aliphatic rings. The van der Waals surface area contributed by atoms with Gasteiger partial charge in [0.05, 0.1) is 17.2 Å².